The summed E-state index contributed by atoms with van der Waals surface area (Å²) in [7, 11) is 0. The molecular weight excluding hydrogens is 192 g/mol. The molecule has 80 valence electrons. The summed E-state index contributed by atoms with van der Waals surface area (Å²) in [4.78, 5) is 11.3. The van der Waals surface area contributed by atoms with Crippen molar-refractivity contribution in [2.24, 2.45) is 5.41 Å². The van der Waals surface area contributed by atoms with Crippen molar-refractivity contribution in [2.45, 2.75) is 19.5 Å². The molecule has 1 aromatic heterocycles. The van der Waals surface area contributed by atoms with Crippen LogP contribution in [0.15, 0.2) is 12.3 Å². The minimum absolute atomic E-state index is 0.0222. The molecule has 1 fully saturated rings. The number of carbonyl (C=O) groups excluding carboxylic acids is 1. The van der Waals surface area contributed by atoms with Gasteiger partial charge >= 0.3 is 0 Å². The fraction of sp³-hybridized carbons (Fsp3) is 0.600. The first-order valence-electron chi connectivity index (χ1n) is 5.26. The number of amides is 1. The van der Waals surface area contributed by atoms with E-state index in [1.807, 2.05) is 16.9 Å². The summed E-state index contributed by atoms with van der Waals surface area (Å²) in [5, 5.41) is 10.6. The molecule has 0 aromatic carbocycles. The molecule has 2 aliphatic rings. The van der Waals surface area contributed by atoms with Gasteiger partial charge < -0.3 is 10.6 Å². The summed E-state index contributed by atoms with van der Waals surface area (Å²) in [5.41, 5.74) is 1.22. The van der Waals surface area contributed by atoms with Gasteiger partial charge in [0.2, 0.25) is 5.91 Å². The molecule has 0 radical (unpaired) electrons. The molecule has 5 heteroatoms. The molecule has 1 atom stereocenters. The lowest BCUT2D eigenvalue weighted by atomic mass is 9.87. The van der Waals surface area contributed by atoms with Crippen LogP contribution in [0.25, 0.3) is 0 Å². The third-order valence-corrected chi connectivity index (χ3v) is 3.29. The van der Waals surface area contributed by atoms with Crippen molar-refractivity contribution in [1.29, 1.82) is 0 Å². The fourth-order valence-electron chi connectivity index (χ4n) is 2.47. The maximum atomic E-state index is 11.3. The van der Waals surface area contributed by atoms with Crippen molar-refractivity contribution >= 4 is 5.91 Å². The standard InChI is InChI=1S/C10H14N4O/c15-9-3-10(6-12-9)5-11-4-8-1-2-13-14(8)7-10/h1-2,11H,3-7H2,(H,12,15). The van der Waals surface area contributed by atoms with E-state index in [1.54, 1.807) is 0 Å². The molecule has 1 spiro atoms. The van der Waals surface area contributed by atoms with Crippen LogP contribution in [0.2, 0.25) is 0 Å². The Labute approximate surface area is 87.8 Å². The van der Waals surface area contributed by atoms with Gasteiger partial charge in [-0.25, -0.2) is 0 Å². The molecule has 1 aromatic rings. The summed E-state index contributed by atoms with van der Waals surface area (Å²) >= 11 is 0. The zero-order chi connectivity index (χ0) is 10.3. The van der Waals surface area contributed by atoms with E-state index in [0.29, 0.717) is 6.42 Å². The van der Waals surface area contributed by atoms with Crippen LogP contribution < -0.4 is 10.6 Å². The first-order chi connectivity index (χ1) is 7.27. The number of carbonyl (C=O) groups is 1. The maximum Gasteiger partial charge on any atom is 0.220 e. The molecule has 3 heterocycles. The van der Waals surface area contributed by atoms with Crippen LogP contribution in [-0.4, -0.2) is 28.8 Å². The lowest BCUT2D eigenvalue weighted by Gasteiger charge is -2.24. The van der Waals surface area contributed by atoms with Crippen LogP contribution in [0, 0.1) is 5.41 Å². The zero-order valence-electron chi connectivity index (χ0n) is 8.49. The average molecular weight is 206 g/mol. The Morgan fingerprint density at radius 3 is 3.20 bits per heavy atom. The van der Waals surface area contributed by atoms with Crippen LogP contribution in [0.4, 0.5) is 0 Å². The second-order valence-electron chi connectivity index (χ2n) is 4.54. The number of hydrogen-bond acceptors (Lipinski definition) is 3. The van der Waals surface area contributed by atoms with Crippen molar-refractivity contribution in [3.63, 3.8) is 0 Å². The van der Waals surface area contributed by atoms with Crippen molar-refractivity contribution in [1.82, 2.24) is 20.4 Å². The smallest absolute Gasteiger partial charge is 0.220 e. The van der Waals surface area contributed by atoms with Gasteiger partial charge in [-0.15, -0.1) is 0 Å². The lowest BCUT2D eigenvalue weighted by Crippen LogP contribution is -2.37. The molecule has 15 heavy (non-hydrogen) atoms. The zero-order valence-corrected chi connectivity index (χ0v) is 8.49. The van der Waals surface area contributed by atoms with E-state index in [9.17, 15) is 4.79 Å². The molecule has 0 bridgehead atoms. The van der Waals surface area contributed by atoms with Gasteiger partial charge in [0, 0.05) is 37.7 Å². The van der Waals surface area contributed by atoms with Crippen molar-refractivity contribution in [3.8, 4) is 0 Å². The van der Waals surface area contributed by atoms with Crippen molar-refractivity contribution < 1.29 is 4.79 Å². The number of hydrogen-bond donors (Lipinski definition) is 2. The minimum Gasteiger partial charge on any atom is -0.355 e. The molecule has 3 rings (SSSR count). The predicted molar refractivity (Wildman–Crippen MR) is 54.0 cm³/mol. The van der Waals surface area contributed by atoms with E-state index < -0.39 is 0 Å². The van der Waals surface area contributed by atoms with Crippen LogP contribution in [0.3, 0.4) is 0 Å². The van der Waals surface area contributed by atoms with Gasteiger partial charge in [0.15, 0.2) is 0 Å². The maximum absolute atomic E-state index is 11.3. The van der Waals surface area contributed by atoms with Crippen molar-refractivity contribution in [3.05, 3.63) is 18.0 Å². The van der Waals surface area contributed by atoms with E-state index in [2.05, 4.69) is 15.7 Å². The molecule has 1 saturated heterocycles. The Bertz CT molecular complexity index is 400. The van der Waals surface area contributed by atoms with Gasteiger partial charge in [0.05, 0.1) is 12.2 Å². The first kappa shape index (κ1) is 8.91. The number of aromatic nitrogens is 2. The third kappa shape index (κ3) is 1.43. The Morgan fingerprint density at radius 2 is 2.40 bits per heavy atom. The summed E-state index contributed by atoms with van der Waals surface area (Å²) in [6.45, 7) is 3.32. The van der Waals surface area contributed by atoms with E-state index in [1.165, 1.54) is 5.69 Å². The molecular formula is C10H14N4O. The Kier molecular flexibility index (Phi) is 1.82. The van der Waals surface area contributed by atoms with Gasteiger partial charge in [-0.05, 0) is 6.07 Å². The monoisotopic (exact) mass is 206 g/mol. The van der Waals surface area contributed by atoms with Gasteiger partial charge in [-0.2, -0.15) is 5.10 Å². The predicted octanol–water partition coefficient (Wildman–Crippen LogP) is -0.507. The largest absolute Gasteiger partial charge is 0.355 e. The Balaban J connectivity index is 1.91. The lowest BCUT2D eigenvalue weighted by molar-refractivity contribution is -0.119. The second-order valence-corrected chi connectivity index (χ2v) is 4.54. The highest BCUT2D eigenvalue weighted by molar-refractivity contribution is 5.79. The highest BCUT2D eigenvalue weighted by Crippen LogP contribution is 2.29. The van der Waals surface area contributed by atoms with E-state index >= 15 is 0 Å². The highest BCUT2D eigenvalue weighted by Gasteiger charge is 2.40. The van der Waals surface area contributed by atoms with Gasteiger partial charge in [-0.3, -0.25) is 9.48 Å². The minimum atomic E-state index is 0.0222. The molecule has 2 aliphatic heterocycles. The van der Waals surface area contributed by atoms with Crippen molar-refractivity contribution in [2.75, 3.05) is 13.1 Å². The molecule has 2 N–H and O–H groups in total. The molecule has 1 unspecified atom stereocenters. The topological polar surface area (TPSA) is 59.0 Å². The summed E-state index contributed by atoms with van der Waals surface area (Å²) in [6, 6.07) is 2.02. The summed E-state index contributed by atoms with van der Waals surface area (Å²) in [6.07, 6.45) is 2.43. The van der Waals surface area contributed by atoms with Crippen LogP contribution in [-0.2, 0) is 17.9 Å². The molecule has 5 nitrogen and oxygen atoms in total. The van der Waals surface area contributed by atoms with E-state index in [-0.39, 0.29) is 11.3 Å². The molecule has 1 amide bonds. The number of rotatable bonds is 0. The Hall–Kier alpha value is -1.36. The molecule has 0 saturated carbocycles. The van der Waals surface area contributed by atoms with Gasteiger partial charge in [0.1, 0.15) is 0 Å². The Morgan fingerprint density at radius 1 is 1.47 bits per heavy atom. The highest BCUT2D eigenvalue weighted by atomic mass is 16.1. The number of nitrogens with one attached hydrogen (secondary N) is 2. The number of nitrogens with zero attached hydrogens (tertiary/aromatic N) is 2. The van der Waals surface area contributed by atoms with Crippen LogP contribution in [0.5, 0.6) is 0 Å². The first-order valence-corrected chi connectivity index (χ1v) is 5.26. The fourth-order valence-corrected chi connectivity index (χ4v) is 2.47. The summed E-state index contributed by atoms with van der Waals surface area (Å²) < 4.78 is 2.01. The third-order valence-electron chi connectivity index (χ3n) is 3.29. The average Bonchev–Trinajstić information content (AvgIpc) is 2.72. The van der Waals surface area contributed by atoms with E-state index in [0.717, 1.165) is 26.2 Å². The van der Waals surface area contributed by atoms with Crippen LogP contribution in [0.1, 0.15) is 12.1 Å². The SMILES string of the molecule is O=C1CC2(CNCc3ccnn3C2)CN1. The van der Waals surface area contributed by atoms with E-state index in [4.69, 9.17) is 0 Å². The normalized spacial score (nSPS) is 30.0. The molecule has 0 aliphatic carbocycles. The van der Waals surface area contributed by atoms with Gasteiger partial charge in [0.25, 0.3) is 0 Å². The van der Waals surface area contributed by atoms with Gasteiger partial charge in [-0.1, -0.05) is 0 Å². The summed E-state index contributed by atoms with van der Waals surface area (Å²) in [5.74, 6) is 0.160. The van der Waals surface area contributed by atoms with Crippen LogP contribution >= 0.6 is 0 Å². The second kappa shape index (κ2) is 3.06. The number of fused-ring (bicyclic) bond motifs is 1. The quantitative estimate of drug-likeness (QED) is 0.601.